The first-order valence-electron chi connectivity index (χ1n) is 5.07. The van der Waals surface area contributed by atoms with Crippen LogP contribution in [0.3, 0.4) is 0 Å². The predicted molar refractivity (Wildman–Crippen MR) is 69.5 cm³/mol. The standard InChI is InChI=1S/C10H10Cl3NO2S/c11-7-5-8(12)10(9(13)6-7)17(15,16)14-3-1-2-4-14/h5-6H,1-4H2. The molecule has 0 aliphatic carbocycles. The van der Waals surface area contributed by atoms with E-state index in [1.807, 2.05) is 0 Å². The molecule has 0 radical (unpaired) electrons. The summed E-state index contributed by atoms with van der Waals surface area (Å²) in [5.74, 6) is 0. The Hall–Kier alpha value is -0.000000000000000132. The Morgan fingerprint density at radius 3 is 1.94 bits per heavy atom. The fraction of sp³-hybridized carbons (Fsp3) is 0.400. The molecule has 0 unspecified atom stereocenters. The van der Waals surface area contributed by atoms with Gasteiger partial charge in [0.25, 0.3) is 0 Å². The number of halogens is 3. The smallest absolute Gasteiger partial charge is 0.207 e. The predicted octanol–water partition coefficient (Wildman–Crippen LogP) is 3.43. The quantitative estimate of drug-likeness (QED) is 0.838. The lowest BCUT2D eigenvalue weighted by molar-refractivity contribution is 0.477. The summed E-state index contributed by atoms with van der Waals surface area (Å²) in [7, 11) is -3.61. The summed E-state index contributed by atoms with van der Waals surface area (Å²) in [6, 6.07) is 2.77. The maximum atomic E-state index is 12.3. The lowest BCUT2D eigenvalue weighted by Gasteiger charge is -2.17. The third-order valence-corrected chi connectivity index (χ3v) is 5.67. The van der Waals surface area contributed by atoms with E-state index < -0.39 is 10.0 Å². The van der Waals surface area contributed by atoms with Gasteiger partial charge in [-0.05, 0) is 25.0 Å². The third kappa shape index (κ3) is 2.56. The monoisotopic (exact) mass is 313 g/mol. The molecule has 1 fully saturated rings. The van der Waals surface area contributed by atoms with Crippen LogP contribution in [0.4, 0.5) is 0 Å². The van der Waals surface area contributed by atoms with Crippen molar-refractivity contribution in [3.05, 3.63) is 27.2 Å². The average molecular weight is 315 g/mol. The molecule has 1 aromatic carbocycles. The Labute approximate surface area is 115 Å². The molecule has 0 saturated carbocycles. The molecule has 7 heteroatoms. The summed E-state index contributed by atoms with van der Waals surface area (Å²) in [6.07, 6.45) is 1.73. The van der Waals surface area contributed by atoms with Crippen molar-refractivity contribution in [2.75, 3.05) is 13.1 Å². The summed E-state index contributed by atoms with van der Waals surface area (Å²) in [6.45, 7) is 1.02. The van der Waals surface area contributed by atoms with E-state index in [0.717, 1.165) is 12.8 Å². The summed E-state index contributed by atoms with van der Waals surface area (Å²) >= 11 is 17.6. The van der Waals surface area contributed by atoms with Gasteiger partial charge in [0.05, 0.1) is 10.0 Å². The molecule has 1 heterocycles. The van der Waals surface area contributed by atoms with Gasteiger partial charge in [0.2, 0.25) is 10.0 Å². The molecule has 0 spiro atoms. The summed E-state index contributed by atoms with van der Waals surface area (Å²) < 4.78 is 26.0. The zero-order valence-corrected chi connectivity index (χ0v) is 11.9. The lowest BCUT2D eigenvalue weighted by Crippen LogP contribution is -2.28. The second kappa shape index (κ2) is 4.94. The van der Waals surface area contributed by atoms with E-state index in [1.54, 1.807) is 0 Å². The molecule has 17 heavy (non-hydrogen) atoms. The molecule has 2 rings (SSSR count). The highest BCUT2D eigenvalue weighted by molar-refractivity contribution is 7.89. The first-order valence-corrected chi connectivity index (χ1v) is 7.65. The van der Waals surface area contributed by atoms with Crippen LogP contribution in [0.25, 0.3) is 0 Å². The Morgan fingerprint density at radius 1 is 1.00 bits per heavy atom. The van der Waals surface area contributed by atoms with Gasteiger partial charge in [0, 0.05) is 18.1 Å². The SMILES string of the molecule is O=S(=O)(c1c(Cl)cc(Cl)cc1Cl)N1CCCC1. The zero-order valence-electron chi connectivity index (χ0n) is 8.79. The van der Waals surface area contributed by atoms with Gasteiger partial charge < -0.3 is 0 Å². The fourth-order valence-corrected chi connectivity index (χ4v) is 4.84. The Bertz CT molecular complexity index is 515. The number of nitrogens with zero attached hydrogens (tertiary/aromatic N) is 1. The van der Waals surface area contributed by atoms with E-state index in [0.29, 0.717) is 18.1 Å². The first-order chi connectivity index (χ1) is 7.93. The second-order valence-electron chi connectivity index (χ2n) is 3.81. The van der Waals surface area contributed by atoms with E-state index in [1.165, 1.54) is 16.4 Å². The minimum absolute atomic E-state index is 0.0490. The molecule has 0 aromatic heterocycles. The van der Waals surface area contributed by atoms with Gasteiger partial charge in [0.15, 0.2) is 0 Å². The van der Waals surface area contributed by atoms with E-state index in [4.69, 9.17) is 34.8 Å². The Kier molecular flexibility index (Phi) is 3.90. The highest BCUT2D eigenvalue weighted by Crippen LogP contribution is 2.35. The van der Waals surface area contributed by atoms with Gasteiger partial charge in [-0.1, -0.05) is 34.8 Å². The molecular formula is C10H10Cl3NO2S. The maximum Gasteiger partial charge on any atom is 0.246 e. The summed E-state index contributed by atoms with van der Waals surface area (Å²) in [4.78, 5) is -0.0490. The van der Waals surface area contributed by atoms with Crippen molar-refractivity contribution in [3.63, 3.8) is 0 Å². The molecule has 0 bridgehead atoms. The first kappa shape index (κ1) is 13.4. The van der Waals surface area contributed by atoms with Crippen molar-refractivity contribution in [2.24, 2.45) is 0 Å². The molecule has 1 aliphatic rings. The third-order valence-electron chi connectivity index (χ3n) is 2.63. The van der Waals surface area contributed by atoms with Crippen molar-refractivity contribution >= 4 is 44.8 Å². The molecule has 0 N–H and O–H groups in total. The van der Waals surface area contributed by atoms with Crippen molar-refractivity contribution in [3.8, 4) is 0 Å². The molecule has 1 saturated heterocycles. The van der Waals surface area contributed by atoms with Gasteiger partial charge in [-0.2, -0.15) is 4.31 Å². The van der Waals surface area contributed by atoms with Crippen LogP contribution in [0.5, 0.6) is 0 Å². The molecule has 0 atom stereocenters. The largest absolute Gasteiger partial charge is 0.246 e. The number of sulfonamides is 1. The van der Waals surface area contributed by atoms with Crippen molar-refractivity contribution in [2.45, 2.75) is 17.7 Å². The van der Waals surface area contributed by atoms with E-state index in [9.17, 15) is 8.42 Å². The van der Waals surface area contributed by atoms with Crippen LogP contribution in [0, 0.1) is 0 Å². The maximum absolute atomic E-state index is 12.3. The molecule has 1 aromatic rings. The van der Waals surface area contributed by atoms with Crippen molar-refractivity contribution in [1.82, 2.24) is 4.31 Å². The second-order valence-corrected chi connectivity index (χ2v) is 6.94. The minimum atomic E-state index is -3.61. The number of benzene rings is 1. The van der Waals surface area contributed by atoms with Crippen LogP contribution in [-0.2, 0) is 10.0 Å². The summed E-state index contributed by atoms with van der Waals surface area (Å²) in [5.41, 5.74) is 0. The minimum Gasteiger partial charge on any atom is -0.207 e. The highest BCUT2D eigenvalue weighted by Gasteiger charge is 2.31. The molecule has 1 aliphatic heterocycles. The van der Waals surface area contributed by atoms with E-state index >= 15 is 0 Å². The van der Waals surface area contributed by atoms with Crippen LogP contribution >= 0.6 is 34.8 Å². The molecule has 0 amide bonds. The molecule has 3 nitrogen and oxygen atoms in total. The number of hydrogen-bond acceptors (Lipinski definition) is 2. The van der Waals surface area contributed by atoms with Crippen molar-refractivity contribution < 1.29 is 8.42 Å². The normalized spacial score (nSPS) is 17.6. The number of hydrogen-bond donors (Lipinski definition) is 0. The van der Waals surface area contributed by atoms with Gasteiger partial charge in [-0.25, -0.2) is 8.42 Å². The summed E-state index contributed by atoms with van der Waals surface area (Å²) in [5, 5.41) is 0.448. The van der Waals surface area contributed by atoms with Crippen LogP contribution in [0.1, 0.15) is 12.8 Å². The van der Waals surface area contributed by atoms with Crippen LogP contribution in [-0.4, -0.2) is 25.8 Å². The molecular weight excluding hydrogens is 305 g/mol. The molecule has 94 valence electrons. The van der Waals surface area contributed by atoms with Gasteiger partial charge >= 0.3 is 0 Å². The van der Waals surface area contributed by atoms with E-state index in [2.05, 4.69) is 0 Å². The Balaban J connectivity index is 2.53. The fourth-order valence-electron chi connectivity index (χ4n) is 1.83. The Morgan fingerprint density at radius 2 is 1.47 bits per heavy atom. The van der Waals surface area contributed by atoms with Gasteiger partial charge in [0.1, 0.15) is 4.90 Å². The van der Waals surface area contributed by atoms with Crippen LogP contribution in [0.2, 0.25) is 15.1 Å². The lowest BCUT2D eigenvalue weighted by atomic mass is 10.4. The zero-order chi connectivity index (χ0) is 12.6. The van der Waals surface area contributed by atoms with Gasteiger partial charge in [-0.15, -0.1) is 0 Å². The average Bonchev–Trinajstić information content (AvgIpc) is 2.67. The van der Waals surface area contributed by atoms with E-state index in [-0.39, 0.29) is 14.9 Å². The highest BCUT2D eigenvalue weighted by atomic mass is 35.5. The topological polar surface area (TPSA) is 37.4 Å². The van der Waals surface area contributed by atoms with Crippen LogP contribution in [0.15, 0.2) is 17.0 Å². The van der Waals surface area contributed by atoms with Crippen LogP contribution < -0.4 is 0 Å². The van der Waals surface area contributed by atoms with Crippen molar-refractivity contribution in [1.29, 1.82) is 0 Å². The van der Waals surface area contributed by atoms with Gasteiger partial charge in [-0.3, -0.25) is 0 Å². The number of rotatable bonds is 2.